The van der Waals surface area contributed by atoms with Crippen molar-refractivity contribution in [1.82, 2.24) is 0 Å². The molecule has 1 aromatic carbocycles. The molecule has 2 rings (SSSR count). The first-order valence-electron chi connectivity index (χ1n) is 5.52. The molecule has 1 aromatic rings. The minimum absolute atomic E-state index is 0.0944. The normalized spacial score (nSPS) is 17.6. The first kappa shape index (κ1) is 12.7. The number of aliphatic imine (C=N–C) groups is 1. The molecule has 0 saturated carbocycles. The fraction of sp³-hybridized carbons (Fsp3) is 0.154. The Labute approximate surface area is 108 Å². The molecule has 1 aliphatic heterocycles. The van der Waals surface area contributed by atoms with Crippen LogP contribution in [0.25, 0.3) is 0 Å². The minimum atomic E-state index is -1.38. The highest BCUT2D eigenvalue weighted by molar-refractivity contribution is 5.89. The van der Waals surface area contributed by atoms with E-state index in [1.54, 1.807) is 5.94 Å². The fourth-order valence-electron chi connectivity index (χ4n) is 1.63. The molecule has 0 amide bonds. The summed E-state index contributed by atoms with van der Waals surface area (Å²) in [5.41, 5.74) is 0.765. The molecule has 1 aliphatic rings. The molecule has 0 N–H and O–H groups in total. The molecular weight excluding hydrogens is 248 g/mol. The van der Waals surface area contributed by atoms with Gasteiger partial charge in [0, 0.05) is 11.1 Å². The van der Waals surface area contributed by atoms with Crippen LogP contribution in [0.2, 0.25) is 0 Å². The zero-order chi connectivity index (χ0) is 13.7. The molecule has 6 heteroatoms. The van der Waals surface area contributed by atoms with Crippen LogP contribution < -0.4 is 0 Å². The quantitative estimate of drug-likeness (QED) is 0.467. The summed E-state index contributed by atoms with van der Waals surface area (Å²) in [6.45, 7) is 0.157. The predicted octanol–water partition coefficient (Wildman–Crippen LogP) is 1.53. The first-order valence-corrected chi connectivity index (χ1v) is 5.52. The summed E-state index contributed by atoms with van der Waals surface area (Å²) in [6, 6.07) is 7.81. The van der Waals surface area contributed by atoms with Crippen molar-refractivity contribution in [3.05, 3.63) is 63.9 Å². The van der Waals surface area contributed by atoms with Crippen LogP contribution in [0.5, 0.6) is 0 Å². The maximum Gasteiger partial charge on any atom is 0.322 e. The van der Waals surface area contributed by atoms with Gasteiger partial charge in [-0.1, -0.05) is 30.3 Å². The Kier molecular flexibility index (Phi) is 3.85. The number of rotatable bonds is 3. The fourth-order valence-corrected chi connectivity index (χ4v) is 1.63. The van der Waals surface area contributed by atoms with Gasteiger partial charge in [0.2, 0.25) is 0 Å². The van der Waals surface area contributed by atoms with E-state index in [-0.39, 0.29) is 18.1 Å². The summed E-state index contributed by atoms with van der Waals surface area (Å²) in [4.78, 5) is 24.8. The topological polar surface area (TPSA) is 81.8 Å². The van der Waals surface area contributed by atoms with Gasteiger partial charge in [0.25, 0.3) is 5.90 Å². The largest absolute Gasteiger partial charge is 0.471 e. The Bertz CT molecular complexity index is 586. The van der Waals surface area contributed by atoms with E-state index in [0.29, 0.717) is 0 Å². The highest BCUT2D eigenvalue weighted by Crippen LogP contribution is 2.15. The van der Waals surface area contributed by atoms with Crippen LogP contribution in [0.1, 0.15) is 5.56 Å². The second kappa shape index (κ2) is 5.75. The molecule has 0 aromatic heterocycles. The highest BCUT2D eigenvalue weighted by Gasteiger charge is 2.35. The van der Waals surface area contributed by atoms with E-state index in [2.05, 4.69) is 4.99 Å². The van der Waals surface area contributed by atoms with Crippen molar-refractivity contribution in [1.29, 1.82) is 0 Å². The van der Waals surface area contributed by atoms with Gasteiger partial charge < -0.3 is 4.74 Å². The SMILES string of the molecule is O=C=C1C=CN=C(OCc2ccccc2)C1[N+](=O)[O-]. The van der Waals surface area contributed by atoms with Crippen LogP contribution in [0.4, 0.5) is 0 Å². The van der Waals surface area contributed by atoms with Gasteiger partial charge >= 0.3 is 6.04 Å². The van der Waals surface area contributed by atoms with Crippen molar-refractivity contribution in [2.45, 2.75) is 12.6 Å². The van der Waals surface area contributed by atoms with Crippen molar-refractivity contribution in [2.75, 3.05) is 0 Å². The molecule has 6 nitrogen and oxygen atoms in total. The van der Waals surface area contributed by atoms with Crippen LogP contribution in [0, 0.1) is 10.1 Å². The van der Waals surface area contributed by atoms with Crippen molar-refractivity contribution < 1.29 is 14.5 Å². The van der Waals surface area contributed by atoms with E-state index < -0.39 is 11.0 Å². The van der Waals surface area contributed by atoms with E-state index in [9.17, 15) is 14.9 Å². The predicted molar refractivity (Wildman–Crippen MR) is 67.8 cm³/mol. The monoisotopic (exact) mass is 258 g/mol. The molecule has 19 heavy (non-hydrogen) atoms. The summed E-state index contributed by atoms with van der Waals surface area (Å²) < 4.78 is 5.33. The number of hydrogen-bond donors (Lipinski definition) is 0. The van der Waals surface area contributed by atoms with Gasteiger partial charge in [-0.25, -0.2) is 9.79 Å². The maximum atomic E-state index is 11.0. The third-order valence-electron chi connectivity index (χ3n) is 2.54. The van der Waals surface area contributed by atoms with Crippen LogP contribution in [-0.2, 0) is 16.1 Å². The Morgan fingerprint density at radius 3 is 2.74 bits per heavy atom. The molecule has 0 bridgehead atoms. The van der Waals surface area contributed by atoms with Crippen molar-refractivity contribution >= 4 is 11.8 Å². The number of nitrogens with zero attached hydrogens (tertiary/aromatic N) is 2. The smallest absolute Gasteiger partial charge is 0.322 e. The second-order valence-electron chi connectivity index (χ2n) is 3.80. The average Bonchev–Trinajstić information content (AvgIpc) is 2.45. The number of nitro groups is 1. The summed E-state index contributed by atoms with van der Waals surface area (Å²) >= 11 is 0. The molecular formula is C13H10N2O4. The summed E-state index contributed by atoms with van der Waals surface area (Å²) in [5, 5.41) is 11.0. The third kappa shape index (κ3) is 2.94. The average molecular weight is 258 g/mol. The summed E-state index contributed by atoms with van der Waals surface area (Å²) in [7, 11) is 0. The van der Waals surface area contributed by atoms with E-state index in [1.807, 2.05) is 30.3 Å². The molecule has 1 heterocycles. The molecule has 1 atom stereocenters. The Hall–Kier alpha value is -2.72. The van der Waals surface area contributed by atoms with Crippen LogP contribution in [0.3, 0.4) is 0 Å². The molecule has 0 fully saturated rings. The second-order valence-corrected chi connectivity index (χ2v) is 3.80. The summed E-state index contributed by atoms with van der Waals surface area (Å²) in [5.74, 6) is 1.44. The number of carbonyl (C=O) groups excluding carboxylic acids is 1. The van der Waals surface area contributed by atoms with E-state index >= 15 is 0 Å². The van der Waals surface area contributed by atoms with E-state index in [0.717, 1.165) is 5.56 Å². The third-order valence-corrected chi connectivity index (χ3v) is 2.54. The lowest BCUT2D eigenvalue weighted by molar-refractivity contribution is -0.494. The lowest BCUT2D eigenvalue weighted by atomic mass is 10.1. The first-order chi connectivity index (χ1) is 9.22. The number of ether oxygens (including phenoxy) is 1. The van der Waals surface area contributed by atoms with Crippen molar-refractivity contribution in [3.8, 4) is 0 Å². The molecule has 0 radical (unpaired) electrons. The van der Waals surface area contributed by atoms with Gasteiger partial charge in [0.15, 0.2) is 0 Å². The van der Waals surface area contributed by atoms with Gasteiger partial charge in [-0.3, -0.25) is 10.1 Å². The van der Waals surface area contributed by atoms with Crippen molar-refractivity contribution in [2.24, 2.45) is 4.99 Å². The maximum absolute atomic E-state index is 11.0. The highest BCUT2D eigenvalue weighted by atomic mass is 16.6. The van der Waals surface area contributed by atoms with Crippen LogP contribution in [-0.4, -0.2) is 22.8 Å². The molecule has 0 spiro atoms. The van der Waals surface area contributed by atoms with Crippen molar-refractivity contribution in [3.63, 3.8) is 0 Å². The van der Waals surface area contributed by atoms with Crippen LogP contribution >= 0.6 is 0 Å². The Balaban J connectivity index is 2.14. The lowest BCUT2D eigenvalue weighted by Gasteiger charge is -2.14. The van der Waals surface area contributed by atoms with Gasteiger partial charge in [-0.2, -0.15) is 0 Å². The van der Waals surface area contributed by atoms with Gasteiger partial charge in [0.1, 0.15) is 18.1 Å². The number of benzene rings is 1. The number of hydrogen-bond acceptors (Lipinski definition) is 5. The molecule has 0 saturated heterocycles. The lowest BCUT2D eigenvalue weighted by Crippen LogP contribution is -2.34. The standard InChI is InChI=1S/C13H10N2O4/c16-8-11-6-7-14-13(12(11)15(17)18)19-9-10-4-2-1-3-5-10/h1-7,12H,9H2. The van der Waals surface area contributed by atoms with E-state index in [4.69, 9.17) is 4.74 Å². The zero-order valence-corrected chi connectivity index (χ0v) is 9.85. The zero-order valence-electron chi connectivity index (χ0n) is 9.85. The van der Waals surface area contributed by atoms with Crippen LogP contribution in [0.15, 0.2) is 53.2 Å². The minimum Gasteiger partial charge on any atom is -0.471 e. The molecule has 1 unspecified atom stereocenters. The molecule has 0 aliphatic carbocycles. The Morgan fingerprint density at radius 1 is 1.37 bits per heavy atom. The Morgan fingerprint density at radius 2 is 2.11 bits per heavy atom. The van der Waals surface area contributed by atoms with E-state index in [1.165, 1.54) is 12.3 Å². The van der Waals surface area contributed by atoms with Gasteiger partial charge in [-0.05, 0) is 11.6 Å². The summed E-state index contributed by atoms with van der Waals surface area (Å²) in [6.07, 6.45) is 2.55. The van der Waals surface area contributed by atoms with Gasteiger partial charge in [-0.15, -0.1) is 0 Å². The molecule has 96 valence electrons. The van der Waals surface area contributed by atoms with Gasteiger partial charge in [0.05, 0.1) is 0 Å².